The Morgan fingerprint density at radius 2 is 1.58 bits per heavy atom. The van der Waals surface area contributed by atoms with E-state index < -0.39 is 6.04 Å². The first kappa shape index (κ1) is 16.0. The van der Waals surface area contributed by atoms with E-state index in [2.05, 4.69) is 5.32 Å². The van der Waals surface area contributed by atoms with Crippen LogP contribution in [0.1, 0.15) is 12.5 Å². The van der Waals surface area contributed by atoms with Crippen LogP contribution in [0.2, 0.25) is 0 Å². The fourth-order valence-corrected chi connectivity index (χ4v) is 2.93. The van der Waals surface area contributed by atoms with Crippen LogP contribution in [-0.2, 0) is 16.0 Å². The molecule has 24 heavy (non-hydrogen) atoms. The molecule has 4 nitrogen and oxygen atoms in total. The van der Waals surface area contributed by atoms with Crippen LogP contribution in [0.3, 0.4) is 0 Å². The second-order valence-electron chi connectivity index (χ2n) is 5.93. The molecule has 0 aliphatic carbocycles. The van der Waals surface area contributed by atoms with E-state index in [1.54, 1.807) is 0 Å². The molecule has 2 aromatic carbocycles. The Morgan fingerprint density at radius 1 is 1.00 bits per heavy atom. The van der Waals surface area contributed by atoms with Crippen molar-refractivity contribution in [1.82, 2.24) is 5.32 Å². The van der Waals surface area contributed by atoms with Crippen molar-refractivity contribution in [3.05, 3.63) is 77.5 Å². The van der Waals surface area contributed by atoms with Gasteiger partial charge in [-0.2, -0.15) is 0 Å². The van der Waals surface area contributed by atoms with E-state index in [4.69, 9.17) is 0 Å². The first-order valence-corrected chi connectivity index (χ1v) is 7.96. The molecule has 0 spiro atoms. The molecule has 1 aliphatic rings. The molecule has 0 bridgehead atoms. The maximum absolute atomic E-state index is 12.7. The van der Waals surface area contributed by atoms with Gasteiger partial charge in [-0.1, -0.05) is 48.5 Å². The minimum atomic E-state index is -0.492. The third-order valence-corrected chi connectivity index (χ3v) is 4.39. The van der Waals surface area contributed by atoms with Crippen molar-refractivity contribution in [3.63, 3.8) is 0 Å². The average molecular weight is 320 g/mol. The maximum Gasteiger partial charge on any atom is 0.257 e. The van der Waals surface area contributed by atoms with Crippen LogP contribution in [0, 0.1) is 0 Å². The third-order valence-electron chi connectivity index (χ3n) is 4.39. The lowest BCUT2D eigenvalue weighted by atomic mass is 10.0. The highest BCUT2D eigenvalue weighted by Crippen LogP contribution is 2.23. The Balaban J connectivity index is 1.85. The Labute approximate surface area is 141 Å². The first-order valence-electron chi connectivity index (χ1n) is 7.96. The van der Waals surface area contributed by atoms with Crippen LogP contribution in [-0.4, -0.2) is 24.8 Å². The molecule has 0 radical (unpaired) electrons. The molecule has 1 atom stereocenters. The summed E-state index contributed by atoms with van der Waals surface area (Å²) in [6.45, 7) is 1.81. The molecule has 1 N–H and O–H groups in total. The predicted octanol–water partition coefficient (Wildman–Crippen LogP) is 2.71. The Kier molecular flexibility index (Phi) is 4.47. The van der Waals surface area contributed by atoms with Crippen molar-refractivity contribution < 1.29 is 9.59 Å². The van der Waals surface area contributed by atoms with Gasteiger partial charge < -0.3 is 10.2 Å². The summed E-state index contributed by atoms with van der Waals surface area (Å²) in [6.07, 6.45) is 0.511. The van der Waals surface area contributed by atoms with E-state index in [1.165, 1.54) is 0 Å². The van der Waals surface area contributed by atoms with E-state index in [9.17, 15) is 9.59 Å². The summed E-state index contributed by atoms with van der Waals surface area (Å²) in [7, 11) is 1.86. The third kappa shape index (κ3) is 3.08. The SMILES string of the molecule is C/C(=C1\C(=O)NC(Cc2ccccc2)C1=O)N(C)c1ccccc1. The molecule has 4 heteroatoms. The lowest BCUT2D eigenvalue weighted by molar-refractivity contribution is -0.117. The Morgan fingerprint density at radius 3 is 2.21 bits per heavy atom. The minimum Gasteiger partial charge on any atom is -0.348 e. The van der Waals surface area contributed by atoms with Gasteiger partial charge in [-0.3, -0.25) is 9.59 Å². The number of allylic oxidation sites excluding steroid dienone is 1. The van der Waals surface area contributed by atoms with Gasteiger partial charge in [0, 0.05) is 24.9 Å². The van der Waals surface area contributed by atoms with Crippen LogP contribution in [0.25, 0.3) is 0 Å². The molecule has 1 aliphatic heterocycles. The molecule has 1 fully saturated rings. The molecule has 1 saturated heterocycles. The maximum atomic E-state index is 12.7. The van der Waals surface area contributed by atoms with Crippen molar-refractivity contribution in [2.75, 3.05) is 11.9 Å². The van der Waals surface area contributed by atoms with E-state index in [-0.39, 0.29) is 17.3 Å². The fraction of sp³-hybridized carbons (Fsp3) is 0.200. The number of carbonyl (C=O) groups is 2. The molecule has 122 valence electrons. The Bertz CT molecular complexity index is 782. The van der Waals surface area contributed by atoms with Crippen LogP contribution in [0.15, 0.2) is 71.9 Å². The molecule has 0 saturated carbocycles. The average Bonchev–Trinajstić information content (AvgIpc) is 2.89. The van der Waals surface area contributed by atoms with Crippen molar-refractivity contribution >= 4 is 17.4 Å². The largest absolute Gasteiger partial charge is 0.348 e. The number of hydrogen-bond acceptors (Lipinski definition) is 3. The van der Waals surface area contributed by atoms with Crippen LogP contribution in [0.5, 0.6) is 0 Å². The van der Waals surface area contributed by atoms with Gasteiger partial charge in [0.2, 0.25) is 0 Å². The Hall–Kier alpha value is -2.88. The zero-order chi connectivity index (χ0) is 17.1. The normalized spacial score (nSPS) is 19.2. The van der Waals surface area contributed by atoms with E-state index >= 15 is 0 Å². The number of carbonyl (C=O) groups excluding carboxylic acids is 2. The zero-order valence-electron chi connectivity index (χ0n) is 13.8. The predicted molar refractivity (Wildman–Crippen MR) is 94.6 cm³/mol. The van der Waals surface area contributed by atoms with E-state index in [0.29, 0.717) is 12.1 Å². The van der Waals surface area contributed by atoms with Gasteiger partial charge in [-0.05, 0) is 24.6 Å². The van der Waals surface area contributed by atoms with Gasteiger partial charge in [-0.15, -0.1) is 0 Å². The lowest BCUT2D eigenvalue weighted by Gasteiger charge is -2.21. The van der Waals surface area contributed by atoms with E-state index in [1.807, 2.05) is 79.5 Å². The number of benzene rings is 2. The molecule has 1 amide bonds. The van der Waals surface area contributed by atoms with Crippen LogP contribution < -0.4 is 10.2 Å². The fourth-order valence-electron chi connectivity index (χ4n) is 2.93. The second-order valence-corrected chi connectivity index (χ2v) is 5.93. The second kappa shape index (κ2) is 6.71. The smallest absolute Gasteiger partial charge is 0.257 e. The standard InChI is InChI=1S/C20H20N2O2/c1-14(22(2)16-11-7-4-8-12-16)18-19(23)17(21-20(18)24)13-15-9-5-3-6-10-15/h3-12,17H,13H2,1-2H3,(H,21,24)/b18-14+. The number of nitrogens with zero attached hydrogens (tertiary/aromatic N) is 1. The van der Waals surface area contributed by atoms with Crippen LogP contribution in [0.4, 0.5) is 5.69 Å². The number of rotatable bonds is 4. The topological polar surface area (TPSA) is 49.4 Å². The molecular formula is C20H20N2O2. The number of ketones is 1. The van der Waals surface area contributed by atoms with Crippen molar-refractivity contribution in [2.24, 2.45) is 0 Å². The van der Waals surface area contributed by atoms with Gasteiger partial charge in [-0.25, -0.2) is 0 Å². The molecule has 1 heterocycles. The number of Topliss-reactive ketones (excluding diaryl/α,β-unsaturated/α-hetero) is 1. The molecule has 3 rings (SSSR count). The molecule has 1 unspecified atom stereocenters. The van der Waals surface area contributed by atoms with Crippen molar-refractivity contribution in [1.29, 1.82) is 0 Å². The first-order chi connectivity index (χ1) is 11.6. The summed E-state index contributed by atoms with van der Waals surface area (Å²) < 4.78 is 0. The van der Waals surface area contributed by atoms with Gasteiger partial charge in [0.15, 0.2) is 5.78 Å². The highest BCUT2D eigenvalue weighted by Gasteiger charge is 2.37. The number of para-hydroxylation sites is 1. The molecule has 0 aromatic heterocycles. The van der Waals surface area contributed by atoms with Gasteiger partial charge in [0.05, 0.1) is 6.04 Å². The summed E-state index contributed by atoms with van der Waals surface area (Å²) >= 11 is 0. The minimum absolute atomic E-state index is 0.135. The summed E-state index contributed by atoms with van der Waals surface area (Å²) in [4.78, 5) is 26.9. The lowest BCUT2D eigenvalue weighted by Crippen LogP contribution is -2.31. The van der Waals surface area contributed by atoms with Gasteiger partial charge in [0.25, 0.3) is 5.91 Å². The number of amides is 1. The summed E-state index contributed by atoms with van der Waals surface area (Å²) in [5, 5.41) is 2.82. The summed E-state index contributed by atoms with van der Waals surface area (Å²) in [5.41, 5.74) is 2.89. The zero-order valence-corrected chi connectivity index (χ0v) is 13.8. The molecule has 2 aromatic rings. The number of anilines is 1. The van der Waals surface area contributed by atoms with E-state index in [0.717, 1.165) is 11.3 Å². The summed E-state index contributed by atoms with van der Waals surface area (Å²) in [6, 6.07) is 18.9. The molecular weight excluding hydrogens is 300 g/mol. The van der Waals surface area contributed by atoms with Crippen molar-refractivity contribution in [3.8, 4) is 0 Å². The monoisotopic (exact) mass is 320 g/mol. The van der Waals surface area contributed by atoms with Gasteiger partial charge >= 0.3 is 0 Å². The quantitative estimate of drug-likeness (QED) is 0.696. The van der Waals surface area contributed by atoms with Crippen LogP contribution >= 0.6 is 0 Å². The number of hydrogen-bond donors (Lipinski definition) is 1. The van der Waals surface area contributed by atoms with Gasteiger partial charge in [0.1, 0.15) is 5.57 Å². The highest BCUT2D eigenvalue weighted by molar-refractivity contribution is 6.27. The summed E-state index contributed by atoms with van der Waals surface area (Å²) in [5.74, 6) is -0.426. The number of nitrogens with one attached hydrogen (secondary N) is 1. The highest BCUT2D eigenvalue weighted by atomic mass is 16.2. The van der Waals surface area contributed by atoms with Crippen molar-refractivity contribution in [2.45, 2.75) is 19.4 Å².